The van der Waals surface area contributed by atoms with Gasteiger partial charge < -0.3 is 31.8 Å². The molecular formula is C17H24N4O5. The van der Waals surface area contributed by atoms with Crippen LogP contribution in [-0.4, -0.2) is 53.8 Å². The Morgan fingerprint density at radius 2 is 1.88 bits per heavy atom. The third-order valence-corrected chi connectivity index (χ3v) is 4.36. The van der Waals surface area contributed by atoms with Gasteiger partial charge in [0.1, 0.15) is 12.1 Å². The monoisotopic (exact) mass is 364 g/mol. The van der Waals surface area contributed by atoms with Crippen LogP contribution >= 0.6 is 0 Å². The average molecular weight is 364 g/mol. The molecule has 0 amide bonds. The van der Waals surface area contributed by atoms with E-state index in [0.717, 1.165) is 0 Å². The Bertz CT molecular complexity index is 691. The number of benzene rings is 1. The Kier molecular flexibility index (Phi) is 7.13. The molecule has 0 aliphatic rings. The lowest BCUT2D eigenvalue weighted by Crippen LogP contribution is -2.65. The van der Waals surface area contributed by atoms with Gasteiger partial charge in [0.15, 0.2) is 11.3 Å². The highest BCUT2D eigenvalue weighted by atomic mass is 16.5. The number of aldehydes is 1. The first-order chi connectivity index (χ1) is 12.1. The average Bonchev–Trinajstić information content (AvgIpc) is 2.61. The molecule has 1 rings (SSSR count). The van der Waals surface area contributed by atoms with Crippen LogP contribution in [0, 0.1) is 5.41 Å². The molecular weight excluding hydrogens is 340 g/mol. The van der Waals surface area contributed by atoms with E-state index in [1.165, 1.54) is 31.4 Å². The summed E-state index contributed by atoms with van der Waals surface area (Å²) in [4.78, 5) is 35.4. The van der Waals surface area contributed by atoms with Crippen LogP contribution in [0.25, 0.3) is 0 Å². The second-order valence-electron chi connectivity index (χ2n) is 6.00. The summed E-state index contributed by atoms with van der Waals surface area (Å²) >= 11 is 0. The van der Waals surface area contributed by atoms with Crippen LogP contribution in [0.4, 0.5) is 0 Å². The van der Waals surface area contributed by atoms with Gasteiger partial charge in [0.2, 0.25) is 0 Å². The van der Waals surface area contributed by atoms with E-state index in [0.29, 0.717) is 17.4 Å². The van der Waals surface area contributed by atoms with Crippen LogP contribution in [0.1, 0.15) is 30.4 Å². The predicted molar refractivity (Wildman–Crippen MR) is 94.9 cm³/mol. The van der Waals surface area contributed by atoms with Gasteiger partial charge in [-0.2, -0.15) is 0 Å². The number of methoxy groups -OCH3 is 1. The van der Waals surface area contributed by atoms with Crippen LogP contribution in [-0.2, 0) is 19.1 Å². The Balaban J connectivity index is 3.51. The minimum absolute atomic E-state index is 0.158. The van der Waals surface area contributed by atoms with Crippen molar-refractivity contribution in [1.29, 1.82) is 5.41 Å². The molecule has 0 saturated heterocycles. The minimum Gasteiger partial charge on any atom is -0.480 e. The third kappa shape index (κ3) is 4.13. The van der Waals surface area contributed by atoms with E-state index in [1.54, 1.807) is 6.92 Å². The summed E-state index contributed by atoms with van der Waals surface area (Å²) in [5.41, 5.74) is 15.6. The maximum absolute atomic E-state index is 12.7. The van der Waals surface area contributed by atoms with Gasteiger partial charge in [0, 0.05) is 25.0 Å². The number of ether oxygens (including phenoxy) is 1. The quantitative estimate of drug-likeness (QED) is 0.157. The fourth-order valence-electron chi connectivity index (χ4n) is 2.82. The van der Waals surface area contributed by atoms with Gasteiger partial charge in [0.05, 0.1) is 12.1 Å². The first-order valence-electron chi connectivity index (χ1n) is 7.84. The molecule has 1 aromatic carbocycles. The van der Waals surface area contributed by atoms with Gasteiger partial charge in [-0.25, -0.2) is 4.79 Å². The summed E-state index contributed by atoms with van der Waals surface area (Å²) in [6.45, 7) is 1.58. The molecule has 0 radical (unpaired) electrons. The lowest BCUT2D eigenvalue weighted by atomic mass is 9.72. The molecule has 0 aliphatic carbocycles. The first-order valence-corrected chi connectivity index (χ1v) is 7.84. The van der Waals surface area contributed by atoms with Crippen molar-refractivity contribution in [3.8, 4) is 0 Å². The van der Waals surface area contributed by atoms with Gasteiger partial charge in [-0.1, -0.05) is 24.3 Å². The van der Waals surface area contributed by atoms with Crippen molar-refractivity contribution in [3.63, 3.8) is 0 Å². The summed E-state index contributed by atoms with van der Waals surface area (Å²) in [7, 11) is 1.36. The number of nitrogens with two attached hydrogens (primary N) is 3. The number of rotatable bonds is 10. The zero-order valence-electron chi connectivity index (χ0n) is 14.6. The first kappa shape index (κ1) is 21.4. The van der Waals surface area contributed by atoms with E-state index >= 15 is 0 Å². The summed E-state index contributed by atoms with van der Waals surface area (Å²) < 4.78 is 5.26. The van der Waals surface area contributed by atoms with Crippen molar-refractivity contribution in [2.24, 2.45) is 17.2 Å². The molecule has 0 bridgehead atoms. The second kappa shape index (κ2) is 8.65. The van der Waals surface area contributed by atoms with E-state index in [1.807, 2.05) is 0 Å². The molecule has 4 unspecified atom stereocenters. The zero-order valence-corrected chi connectivity index (χ0v) is 14.6. The van der Waals surface area contributed by atoms with Gasteiger partial charge in [-0.15, -0.1) is 0 Å². The SMILES string of the molecule is COC(C)C(c1ccc(C(=N)N)cc1)C(N)(C(=O)O)C(=O)C(N)CC=O. The molecule has 0 heterocycles. The fraction of sp³-hybridized carbons (Fsp3) is 0.412. The summed E-state index contributed by atoms with van der Waals surface area (Å²) in [6.07, 6.45) is -0.671. The van der Waals surface area contributed by atoms with Gasteiger partial charge in [-0.05, 0) is 12.5 Å². The number of aliphatic carboxylic acids is 1. The number of hydrogen-bond donors (Lipinski definition) is 5. The molecule has 0 saturated carbocycles. The number of nitrogen functional groups attached to an aromatic ring is 1. The standard InChI is InChI=1S/C17H24N4O5/c1-9(26-2)13(10-3-5-11(6-4-10)15(19)20)17(21,16(24)25)14(23)12(18)7-8-22/h3-6,8-9,12-13H,7,18,21H2,1-2H3,(H3,19,20)(H,24,25). The molecule has 4 atom stereocenters. The Hall–Kier alpha value is -2.62. The van der Waals surface area contributed by atoms with E-state index in [-0.39, 0.29) is 12.3 Å². The Morgan fingerprint density at radius 1 is 1.35 bits per heavy atom. The smallest absolute Gasteiger partial charge is 0.332 e. The van der Waals surface area contributed by atoms with Crippen LogP contribution in [0.3, 0.4) is 0 Å². The largest absolute Gasteiger partial charge is 0.480 e. The van der Waals surface area contributed by atoms with Crippen molar-refractivity contribution in [1.82, 2.24) is 0 Å². The molecule has 26 heavy (non-hydrogen) atoms. The maximum Gasteiger partial charge on any atom is 0.332 e. The van der Waals surface area contributed by atoms with Gasteiger partial charge in [-0.3, -0.25) is 10.2 Å². The zero-order chi connectivity index (χ0) is 20.1. The van der Waals surface area contributed by atoms with Crippen molar-refractivity contribution in [2.45, 2.75) is 36.9 Å². The highest BCUT2D eigenvalue weighted by molar-refractivity contribution is 6.11. The van der Waals surface area contributed by atoms with E-state index < -0.39 is 35.4 Å². The molecule has 1 aromatic rings. The minimum atomic E-state index is -2.41. The molecule has 0 spiro atoms. The van der Waals surface area contributed by atoms with E-state index in [2.05, 4.69) is 0 Å². The topological polar surface area (TPSA) is 183 Å². The van der Waals surface area contributed by atoms with Crippen LogP contribution in [0.15, 0.2) is 24.3 Å². The number of carbonyl (C=O) groups excluding carboxylic acids is 2. The van der Waals surface area contributed by atoms with Gasteiger partial charge in [0.25, 0.3) is 0 Å². The Morgan fingerprint density at radius 3 is 2.27 bits per heavy atom. The van der Waals surface area contributed by atoms with Crippen LogP contribution in [0.2, 0.25) is 0 Å². The number of carboxylic acids is 1. The molecule has 0 aliphatic heterocycles. The van der Waals surface area contributed by atoms with Crippen molar-refractivity contribution >= 4 is 23.9 Å². The van der Waals surface area contributed by atoms with Crippen molar-refractivity contribution < 1.29 is 24.2 Å². The molecule has 8 N–H and O–H groups in total. The number of ketones is 1. The molecule has 0 fully saturated rings. The lowest BCUT2D eigenvalue weighted by Gasteiger charge is -2.37. The number of hydrogen-bond acceptors (Lipinski definition) is 7. The summed E-state index contributed by atoms with van der Waals surface area (Å²) in [5.74, 6) is -3.79. The fourth-order valence-corrected chi connectivity index (χ4v) is 2.82. The summed E-state index contributed by atoms with van der Waals surface area (Å²) in [5, 5.41) is 17.2. The van der Waals surface area contributed by atoms with Crippen LogP contribution < -0.4 is 17.2 Å². The second-order valence-corrected chi connectivity index (χ2v) is 6.00. The van der Waals surface area contributed by atoms with Gasteiger partial charge >= 0.3 is 5.97 Å². The van der Waals surface area contributed by atoms with Crippen molar-refractivity contribution in [3.05, 3.63) is 35.4 Å². The Labute approximate surface area is 151 Å². The molecule has 9 heteroatoms. The highest BCUT2D eigenvalue weighted by Crippen LogP contribution is 2.33. The lowest BCUT2D eigenvalue weighted by molar-refractivity contribution is -0.152. The molecule has 142 valence electrons. The third-order valence-electron chi connectivity index (χ3n) is 4.36. The maximum atomic E-state index is 12.7. The molecule has 9 nitrogen and oxygen atoms in total. The summed E-state index contributed by atoms with van der Waals surface area (Å²) in [6, 6.07) is 4.74. The molecule has 0 aromatic heterocycles. The number of amidine groups is 1. The normalized spacial score (nSPS) is 16.8. The highest BCUT2D eigenvalue weighted by Gasteiger charge is 2.53. The van der Waals surface area contributed by atoms with Crippen LogP contribution in [0.5, 0.6) is 0 Å². The van der Waals surface area contributed by atoms with Crippen molar-refractivity contribution in [2.75, 3.05) is 7.11 Å². The number of carbonyl (C=O) groups is 3. The number of Topliss-reactive ketones (excluding diaryl/α,β-unsaturated/α-hetero) is 1. The predicted octanol–water partition coefficient (Wildman–Crippen LogP) is -0.643. The van der Waals surface area contributed by atoms with E-state index in [9.17, 15) is 19.5 Å². The number of carboxylic acid groups (broad SMARTS) is 1. The van der Waals surface area contributed by atoms with E-state index in [4.69, 9.17) is 27.3 Å². The number of nitrogens with one attached hydrogen (secondary N) is 1.